The predicted octanol–water partition coefficient (Wildman–Crippen LogP) is 2.15. The number of rotatable bonds is 2. The van der Waals surface area contributed by atoms with Crippen LogP contribution in [0.25, 0.3) is 0 Å². The second-order valence-corrected chi connectivity index (χ2v) is 7.01. The maximum atomic E-state index is 12.2. The molecule has 1 aliphatic rings. The van der Waals surface area contributed by atoms with Crippen LogP contribution < -0.4 is 0 Å². The number of carbonyl (C=O) groups is 2. The van der Waals surface area contributed by atoms with E-state index in [4.69, 9.17) is 5.11 Å². The first-order valence-electron chi connectivity index (χ1n) is 4.95. The fourth-order valence-electron chi connectivity index (χ4n) is 1.64. The van der Waals surface area contributed by atoms with Gasteiger partial charge in [0.15, 0.2) is 0 Å². The Kier molecular flexibility index (Phi) is 4.11. The number of amides is 1. The molecule has 1 atom stereocenters. The normalized spacial score (nSPS) is 20.3. The molecule has 1 aromatic rings. The highest BCUT2D eigenvalue weighted by atomic mass is 79.9. The summed E-state index contributed by atoms with van der Waals surface area (Å²) in [5.74, 6) is 0.132. The van der Waals surface area contributed by atoms with Gasteiger partial charge in [-0.15, -0.1) is 11.3 Å². The number of thioether (sulfide) groups is 1. The minimum atomic E-state index is -0.931. The maximum absolute atomic E-state index is 12.2. The van der Waals surface area contributed by atoms with Gasteiger partial charge >= 0.3 is 5.97 Å². The van der Waals surface area contributed by atoms with E-state index >= 15 is 0 Å². The van der Waals surface area contributed by atoms with Gasteiger partial charge in [-0.2, -0.15) is 11.8 Å². The SMILES string of the molecule is O=C(O)C1CSCCN1C(=O)c1csc(Br)c1. The van der Waals surface area contributed by atoms with E-state index in [2.05, 4.69) is 15.9 Å². The summed E-state index contributed by atoms with van der Waals surface area (Å²) in [6, 6.07) is 1.02. The third-order valence-corrected chi connectivity index (χ3v) is 5.02. The van der Waals surface area contributed by atoms with Gasteiger partial charge in [0.05, 0.1) is 9.35 Å². The lowest BCUT2D eigenvalue weighted by Gasteiger charge is -2.32. The first-order chi connectivity index (χ1) is 8.09. The van der Waals surface area contributed by atoms with Crippen molar-refractivity contribution in [3.8, 4) is 0 Å². The van der Waals surface area contributed by atoms with Gasteiger partial charge in [0.2, 0.25) is 0 Å². The first kappa shape index (κ1) is 12.9. The van der Waals surface area contributed by atoms with Gasteiger partial charge < -0.3 is 10.0 Å². The van der Waals surface area contributed by atoms with Gasteiger partial charge in [-0.1, -0.05) is 0 Å². The number of thiophene rings is 1. The Bertz CT molecular complexity index is 449. The van der Waals surface area contributed by atoms with Crippen molar-refractivity contribution in [3.05, 3.63) is 20.8 Å². The lowest BCUT2D eigenvalue weighted by molar-refractivity contribution is -0.141. The average molecular weight is 336 g/mol. The molecule has 17 heavy (non-hydrogen) atoms. The molecule has 0 saturated carbocycles. The molecule has 1 fully saturated rings. The highest BCUT2D eigenvalue weighted by Gasteiger charge is 2.33. The smallest absolute Gasteiger partial charge is 0.327 e. The molecule has 2 rings (SSSR count). The fourth-order valence-corrected chi connectivity index (χ4v) is 3.81. The number of nitrogens with zero attached hydrogens (tertiary/aromatic N) is 1. The minimum Gasteiger partial charge on any atom is -0.480 e. The summed E-state index contributed by atoms with van der Waals surface area (Å²) < 4.78 is 0.874. The van der Waals surface area contributed by atoms with Crippen LogP contribution in [0.5, 0.6) is 0 Å². The van der Waals surface area contributed by atoms with Crippen LogP contribution in [0.15, 0.2) is 15.2 Å². The van der Waals surface area contributed by atoms with Crippen LogP contribution in [0, 0.1) is 0 Å². The van der Waals surface area contributed by atoms with Crippen molar-refractivity contribution < 1.29 is 14.7 Å². The van der Waals surface area contributed by atoms with Crippen molar-refractivity contribution in [3.63, 3.8) is 0 Å². The van der Waals surface area contributed by atoms with Crippen molar-refractivity contribution in [1.82, 2.24) is 4.90 Å². The summed E-state index contributed by atoms with van der Waals surface area (Å²) in [5.41, 5.74) is 0.556. The Morgan fingerprint density at radius 1 is 1.53 bits per heavy atom. The molecule has 0 aliphatic carbocycles. The molecular weight excluding hydrogens is 326 g/mol. The molecule has 1 amide bonds. The standard InChI is InChI=1S/C10H10BrNO3S2/c11-8-3-6(4-17-8)9(13)12-1-2-16-5-7(12)10(14)15/h3-4,7H,1-2,5H2,(H,14,15). The van der Waals surface area contributed by atoms with E-state index < -0.39 is 12.0 Å². The van der Waals surface area contributed by atoms with E-state index in [0.717, 1.165) is 9.54 Å². The Hall–Kier alpha value is -0.530. The van der Waals surface area contributed by atoms with Crippen molar-refractivity contribution in [1.29, 1.82) is 0 Å². The van der Waals surface area contributed by atoms with Crippen molar-refractivity contribution in [2.45, 2.75) is 6.04 Å². The summed E-state index contributed by atoms with van der Waals surface area (Å²) in [6.07, 6.45) is 0. The zero-order chi connectivity index (χ0) is 12.4. The second-order valence-electron chi connectivity index (χ2n) is 3.57. The van der Waals surface area contributed by atoms with Crippen LogP contribution in [0.1, 0.15) is 10.4 Å². The summed E-state index contributed by atoms with van der Waals surface area (Å²) in [4.78, 5) is 24.7. The lowest BCUT2D eigenvalue weighted by atomic mass is 10.2. The molecule has 1 aromatic heterocycles. The predicted molar refractivity (Wildman–Crippen MR) is 71.8 cm³/mol. The molecule has 0 bridgehead atoms. The van der Waals surface area contributed by atoms with Gasteiger partial charge in [0.25, 0.3) is 5.91 Å². The van der Waals surface area contributed by atoms with Gasteiger partial charge in [-0.05, 0) is 22.0 Å². The second kappa shape index (κ2) is 5.41. The lowest BCUT2D eigenvalue weighted by Crippen LogP contribution is -2.50. The van der Waals surface area contributed by atoms with Crippen LogP contribution in [-0.4, -0.2) is 46.0 Å². The van der Waals surface area contributed by atoms with Gasteiger partial charge in [0.1, 0.15) is 6.04 Å². The zero-order valence-electron chi connectivity index (χ0n) is 8.76. The quantitative estimate of drug-likeness (QED) is 0.899. The largest absolute Gasteiger partial charge is 0.480 e. The van der Waals surface area contributed by atoms with E-state index in [0.29, 0.717) is 17.9 Å². The number of halogens is 1. The van der Waals surface area contributed by atoms with Crippen molar-refractivity contribution in [2.24, 2.45) is 0 Å². The fraction of sp³-hybridized carbons (Fsp3) is 0.400. The van der Waals surface area contributed by atoms with Crippen LogP contribution in [0.2, 0.25) is 0 Å². The summed E-state index contributed by atoms with van der Waals surface area (Å²) in [7, 11) is 0. The maximum Gasteiger partial charge on any atom is 0.327 e. The summed E-state index contributed by atoms with van der Waals surface area (Å²) in [6.45, 7) is 0.494. The first-order valence-corrected chi connectivity index (χ1v) is 7.78. The number of carbonyl (C=O) groups excluding carboxylic acids is 1. The Morgan fingerprint density at radius 3 is 2.88 bits per heavy atom. The molecule has 1 saturated heterocycles. The van der Waals surface area contributed by atoms with Gasteiger partial charge in [0, 0.05) is 23.4 Å². The number of aliphatic carboxylic acids is 1. The van der Waals surface area contributed by atoms with Crippen molar-refractivity contribution >= 4 is 50.9 Å². The molecular formula is C10H10BrNO3S2. The monoisotopic (exact) mass is 335 g/mol. The Morgan fingerprint density at radius 2 is 2.29 bits per heavy atom. The van der Waals surface area contributed by atoms with E-state index in [1.54, 1.807) is 23.2 Å². The zero-order valence-corrected chi connectivity index (χ0v) is 12.0. The van der Waals surface area contributed by atoms with Crippen LogP contribution in [0.3, 0.4) is 0 Å². The highest BCUT2D eigenvalue weighted by Crippen LogP contribution is 2.24. The molecule has 1 N–H and O–H groups in total. The Labute approximate surface area is 115 Å². The third-order valence-electron chi connectivity index (χ3n) is 2.49. The molecule has 7 heteroatoms. The molecule has 0 spiro atoms. The van der Waals surface area contributed by atoms with Gasteiger partial charge in [-0.25, -0.2) is 4.79 Å². The van der Waals surface area contributed by atoms with Crippen LogP contribution in [-0.2, 0) is 4.79 Å². The van der Waals surface area contributed by atoms with E-state index in [9.17, 15) is 9.59 Å². The molecule has 0 aromatic carbocycles. The molecule has 2 heterocycles. The van der Waals surface area contributed by atoms with E-state index in [1.807, 2.05) is 0 Å². The minimum absolute atomic E-state index is 0.195. The number of carboxylic acids is 1. The number of carboxylic acid groups (broad SMARTS) is 1. The molecule has 4 nitrogen and oxygen atoms in total. The number of hydrogen-bond acceptors (Lipinski definition) is 4. The topological polar surface area (TPSA) is 57.6 Å². The highest BCUT2D eigenvalue weighted by molar-refractivity contribution is 9.11. The molecule has 1 unspecified atom stereocenters. The van der Waals surface area contributed by atoms with Crippen LogP contribution in [0.4, 0.5) is 0 Å². The van der Waals surface area contributed by atoms with Gasteiger partial charge in [-0.3, -0.25) is 4.79 Å². The number of hydrogen-bond donors (Lipinski definition) is 1. The molecule has 92 valence electrons. The average Bonchev–Trinajstić information content (AvgIpc) is 2.75. The van der Waals surface area contributed by atoms with E-state index in [-0.39, 0.29) is 5.91 Å². The van der Waals surface area contributed by atoms with Crippen LogP contribution >= 0.6 is 39.0 Å². The molecule has 0 radical (unpaired) electrons. The summed E-state index contributed by atoms with van der Waals surface area (Å²) in [5, 5.41) is 10.8. The van der Waals surface area contributed by atoms with E-state index in [1.165, 1.54) is 16.2 Å². The summed E-state index contributed by atoms with van der Waals surface area (Å²) >= 11 is 6.29. The van der Waals surface area contributed by atoms with Crippen molar-refractivity contribution in [2.75, 3.05) is 18.1 Å². The third kappa shape index (κ3) is 2.83. The Balaban J connectivity index is 2.19. The molecule has 1 aliphatic heterocycles.